The highest BCUT2D eigenvalue weighted by Crippen LogP contribution is 2.38. The normalized spacial score (nSPS) is 35.2. The Morgan fingerprint density at radius 3 is 2.75 bits per heavy atom. The van der Waals surface area contributed by atoms with Gasteiger partial charge in [0, 0.05) is 11.6 Å². The summed E-state index contributed by atoms with van der Waals surface area (Å²) in [5.74, 6) is 1.43. The minimum Gasteiger partial charge on any atom is -0.394 e. The van der Waals surface area contributed by atoms with Crippen molar-refractivity contribution in [2.45, 2.75) is 70.9 Å². The monoisotopic (exact) mass is 282 g/mol. The lowest BCUT2D eigenvalue weighted by molar-refractivity contribution is 0.107. The van der Waals surface area contributed by atoms with Gasteiger partial charge >= 0.3 is 0 Å². The SMILES string of the molecule is CCNC1(CO)CCCC1CCN1CCCC1C(C)C. The summed E-state index contributed by atoms with van der Waals surface area (Å²) >= 11 is 0. The number of aliphatic hydroxyl groups excluding tert-OH is 1. The Morgan fingerprint density at radius 2 is 2.10 bits per heavy atom. The fourth-order valence-corrected chi connectivity index (χ4v) is 4.62. The van der Waals surface area contributed by atoms with Crippen LogP contribution in [0.4, 0.5) is 0 Å². The summed E-state index contributed by atoms with van der Waals surface area (Å²) in [6.45, 7) is 10.6. The van der Waals surface area contributed by atoms with Gasteiger partial charge in [-0.25, -0.2) is 0 Å². The van der Waals surface area contributed by atoms with Gasteiger partial charge in [-0.2, -0.15) is 0 Å². The molecule has 0 radical (unpaired) electrons. The maximum atomic E-state index is 9.87. The van der Waals surface area contributed by atoms with Crippen molar-refractivity contribution in [2.75, 3.05) is 26.2 Å². The first-order valence-corrected chi connectivity index (χ1v) is 8.73. The average Bonchev–Trinajstić information content (AvgIpc) is 3.03. The largest absolute Gasteiger partial charge is 0.394 e. The minimum atomic E-state index is 0.0157. The van der Waals surface area contributed by atoms with Gasteiger partial charge in [0.2, 0.25) is 0 Å². The van der Waals surface area contributed by atoms with Crippen molar-refractivity contribution < 1.29 is 5.11 Å². The van der Waals surface area contributed by atoms with Crippen molar-refractivity contribution in [1.29, 1.82) is 0 Å². The first-order chi connectivity index (χ1) is 9.63. The number of hydrogen-bond acceptors (Lipinski definition) is 3. The van der Waals surface area contributed by atoms with Crippen LogP contribution in [0.1, 0.15) is 59.3 Å². The molecule has 20 heavy (non-hydrogen) atoms. The molecule has 1 heterocycles. The second-order valence-corrected chi connectivity index (χ2v) is 7.21. The molecule has 118 valence electrons. The third-order valence-corrected chi connectivity index (χ3v) is 5.72. The van der Waals surface area contributed by atoms with E-state index in [-0.39, 0.29) is 5.54 Å². The molecule has 0 aromatic rings. The summed E-state index contributed by atoms with van der Waals surface area (Å²) in [7, 11) is 0. The lowest BCUT2D eigenvalue weighted by Gasteiger charge is -2.36. The van der Waals surface area contributed by atoms with E-state index < -0.39 is 0 Å². The molecule has 2 rings (SSSR count). The number of hydrogen-bond donors (Lipinski definition) is 2. The Hall–Kier alpha value is -0.120. The number of nitrogens with one attached hydrogen (secondary N) is 1. The summed E-state index contributed by atoms with van der Waals surface area (Å²) in [5.41, 5.74) is 0.0157. The van der Waals surface area contributed by atoms with E-state index in [9.17, 15) is 5.11 Å². The van der Waals surface area contributed by atoms with Crippen molar-refractivity contribution in [3.05, 3.63) is 0 Å². The fourth-order valence-electron chi connectivity index (χ4n) is 4.62. The molecule has 2 N–H and O–H groups in total. The Labute approximate surface area is 125 Å². The second-order valence-electron chi connectivity index (χ2n) is 7.21. The van der Waals surface area contributed by atoms with Crippen LogP contribution in [-0.2, 0) is 0 Å². The van der Waals surface area contributed by atoms with E-state index in [2.05, 4.69) is 31.0 Å². The van der Waals surface area contributed by atoms with Gasteiger partial charge in [-0.05, 0) is 63.6 Å². The summed E-state index contributed by atoms with van der Waals surface area (Å²) in [4.78, 5) is 2.71. The minimum absolute atomic E-state index is 0.0157. The summed E-state index contributed by atoms with van der Waals surface area (Å²) in [6, 6.07) is 0.791. The molecule has 0 bridgehead atoms. The lowest BCUT2D eigenvalue weighted by Crippen LogP contribution is -2.52. The predicted molar refractivity (Wildman–Crippen MR) is 84.9 cm³/mol. The molecule has 0 amide bonds. The van der Waals surface area contributed by atoms with Crippen LogP contribution in [0.5, 0.6) is 0 Å². The standard InChI is InChI=1S/C17H34N2O/c1-4-18-17(13-20)10-5-7-15(17)9-12-19-11-6-8-16(19)14(2)3/h14-16,18,20H,4-13H2,1-3H3. The predicted octanol–water partition coefficient (Wildman–Crippen LogP) is 2.64. The average molecular weight is 282 g/mol. The zero-order valence-corrected chi connectivity index (χ0v) is 13.7. The summed E-state index contributed by atoms with van der Waals surface area (Å²) in [6.07, 6.45) is 7.69. The molecule has 3 nitrogen and oxygen atoms in total. The molecular formula is C17H34N2O. The Kier molecular flexibility index (Phi) is 5.88. The van der Waals surface area contributed by atoms with Gasteiger partial charge in [0.25, 0.3) is 0 Å². The van der Waals surface area contributed by atoms with Crippen LogP contribution >= 0.6 is 0 Å². The van der Waals surface area contributed by atoms with Gasteiger partial charge in [0.15, 0.2) is 0 Å². The third kappa shape index (κ3) is 3.37. The van der Waals surface area contributed by atoms with E-state index in [4.69, 9.17) is 0 Å². The number of likely N-dealkylation sites (tertiary alicyclic amines) is 1. The molecule has 0 aromatic carbocycles. The first-order valence-electron chi connectivity index (χ1n) is 8.73. The molecule has 1 aliphatic heterocycles. The smallest absolute Gasteiger partial charge is 0.0616 e. The number of rotatable bonds is 7. The van der Waals surface area contributed by atoms with Crippen molar-refractivity contribution in [1.82, 2.24) is 10.2 Å². The van der Waals surface area contributed by atoms with Gasteiger partial charge < -0.3 is 15.3 Å². The fraction of sp³-hybridized carbons (Fsp3) is 1.00. The van der Waals surface area contributed by atoms with Gasteiger partial charge in [0.05, 0.1) is 6.61 Å². The van der Waals surface area contributed by atoms with Crippen LogP contribution < -0.4 is 5.32 Å². The van der Waals surface area contributed by atoms with Crippen LogP contribution in [0.3, 0.4) is 0 Å². The third-order valence-electron chi connectivity index (χ3n) is 5.72. The van der Waals surface area contributed by atoms with E-state index in [0.29, 0.717) is 12.5 Å². The second kappa shape index (κ2) is 7.24. The van der Waals surface area contributed by atoms with Gasteiger partial charge in [-0.15, -0.1) is 0 Å². The molecule has 0 aromatic heterocycles. The van der Waals surface area contributed by atoms with Gasteiger partial charge in [-0.1, -0.05) is 27.2 Å². The molecule has 1 aliphatic carbocycles. The van der Waals surface area contributed by atoms with Crippen LogP contribution in [-0.4, -0.2) is 47.8 Å². The molecule has 2 fully saturated rings. The zero-order chi connectivity index (χ0) is 14.6. The topological polar surface area (TPSA) is 35.5 Å². The van der Waals surface area contributed by atoms with Gasteiger partial charge in [-0.3, -0.25) is 0 Å². The van der Waals surface area contributed by atoms with E-state index in [0.717, 1.165) is 24.9 Å². The molecule has 3 atom stereocenters. The number of likely N-dealkylation sites (N-methyl/N-ethyl adjacent to an activating group) is 1. The molecule has 1 saturated carbocycles. The number of nitrogens with zero attached hydrogens (tertiary/aromatic N) is 1. The highest BCUT2D eigenvalue weighted by Gasteiger charge is 2.41. The molecular weight excluding hydrogens is 248 g/mol. The lowest BCUT2D eigenvalue weighted by atomic mass is 9.85. The van der Waals surface area contributed by atoms with E-state index in [1.165, 1.54) is 45.2 Å². The molecule has 3 unspecified atom stereocenters. The Balaban J connectivity index is 1.89. The van der Waals surface area contributed by atoms with E-state index >= 15 is 0 Å². The number of aliphatic hydroxyl groups is 1. The quantitative estimate of drug-likeness (QED) is 0.753. The highest BCUT2D eigenvalue weighted by atomic mass is 16.3. The zero-order valence-electron chi connectivity index (χ0n) is 13.7. The van der Waals surface area contributed by atoms with Crippen LogP contribution in [0.25, 0.3) is 0 Å². The summed E-state index contributed by atoms with van der Waals surface area (Å²) < 4.78 is 0. The van der Waals surface area contributed by atoms with Crippen molar-refractivity contribution in [2.24, 2.45) is 11.8 Å². The molecule has 2 aliphatic rings. The van der Waals surface area contributed by atoms with E-state index in [1.807, 2.05) is 0 Å². The van der Waals surface area contributed by atoms with Crippen LogP contribution in [0.2, 0.25) is 0 Å². The van der Waals surface area contributed by atoms with Crippen molar-refractivity contribution in [3.63, 3.8) is 0 Å². The maximum Gasteiger partial charge on any atom is 0.0616 e. The Bertz CT molecular complexity index is 295. The van der Waals surface area contributed by atoms with Gasteiger partial charge in [0.1, 0.15) is 0 Å². The van der Waals surface area contributed by atoms with Crippen LogP contribution in [0, 0.1) is 11.8 Å². The van der Waals surface area contributed by atoms with Crippen molar-refractivity contribution in [3.8, 4) is 0 Å². The van der Waals surface area contributed by atoms with Crippen LogP contribution in [0.15, 0.2) is 0 Å². The molecule has 0 spiro atoms. The molecule has 3 heteroatoms. The summed E-state index contributed by atoms with van der Waals surface area (Å²) in [5, 5.41) is 13.5. The van der Waals surface area contributed by atoms with E-state index in [1.54, 1.807) is 0 Å². The molecule has 1 saturated heterocycles. The van der Waals surface area contributed by atoms with Crippen molar-refractivity contribution >= 4 is 0 Å². The first kappa shape index (κ1) is 16.3. The maximum absolute atomic E-state index is 9.87. The highest BCUT2D eigenvalue weighted by molar-refractivity contribution is 4.99. The Morgan fingerprint density at radius 1 is 1.30 bits per heavy atom.